The maximum absolute atomic E-state index is 13.6. The lowest BCUT2D eigenvalue weighted by atomic mass is 10.2. The highest BCUT2D eigenvalue weighted by Crippen LogP contribution is 2.14. The summed E-state index contributed by atoms with van der Waals surface area (Å²) in [6, 6.07) is 4.70. The minimum absolute atomic E-state index is 0.229. The molecular formula is C11H10FN3O2. The van der Waals surface area contributed by atoms with Crippen molar-refractivity contribution in [1.29, 1.82) is 0 Å². The summed E-state index contributed by atoms with van der Waals surface area (Å²) >= 11 is 0. The standard InChI is InChI=1S/C11H10FN3O2/c1-7-2-3-10(9(12)4-7)15-6-8(13-14-15)5-11(16)17/h2-4,6H,5H2,1H3,(H,16,17). The van der Waals surface area contributed by atoms with Crippen LogP contribution >= 0.6 is 0 Å². The van der Waals surface area contributed by atoms with Crippen LogP contribution < -0.4 is 0 Å². The Bertz CT molecular complexity index is 566. The Balaban J connectivity index is 2.33. The molecule has 1 heterocycles. The molecule has 0 saturated heterocycles. The van der Waals surface area contributed by atoms with Crippen LogP contribution in [0.4, 0.5) is 4.39 Å². The molecule has 6 heteroatoms. The zero-order valence-electron chi connectivity index (χ0n) is 9.09. The van der Waals surface area contributed by atoms with Crippen molar-refractivity contribution >= 4 is 5.97 Å². The average molecular weight is 235 g/mol. The van der Waals surface area contributed by atoms with E-state index >= 15 is 0 Å². The molecule has 1 N–H and O–H groups in total. The molecule has 0 aliphatic carbocycles. The lowest BCUT2D eigenvalue weighted by Crippen LogP contribution is -2.00. The van der Waals surface area contributed by atoms with Crippen molar-refractivity contribution in [3.05, 3.63) is 41.5 Å². The number of hydrogen-bond donors (Lipinski definition) is 1. The van der Waals surface area contributed by atoms with E-state index in [2.05, 4.69) is 10.3 Å². The second kappa shape index (κ2) is 4.32. The molecule has 1 aromatic carbocycles. The van der Waals surface area contributed by atoms with Crippen molar-refractivity contribution in [2.45, 2.75) is 13.3 Å². The van der Waals surface area contributed by atoms with E-state index in [-0.39, 0.29) is 17.8 Å². The number of nitrogens with zero attached hydrogens (tertiary/aromatic N) is 3. The van der Waals surface area contributed by atoms with Gasteiger partial charge in [-0.25, -0.2) is 9.07 Å². The van der Waals surface area contributed by atoms with Crippen LogP contribution in [0.5, 0.6) is 0 Å². The van der Waals surface area contributed by atoms with Gasteiger partial charge in [0, 0.05) is 0 Å². The lowest BCUT2D eigenvalue weighted by molar-refractivity contribution is -0.136. The van der Waals surface area contributed by atoms with Crippen LogP contribution in [0, 0.1) is 12.7 Å². The van der Waals surface area contributed by atoms with Crippen LogP contribution in [0.15, 0.2) is 24.4 Å². The maximum atomic E-state index is 13.6. The van der Waals surface area contributed by atoms with Gasteiger partial charge in [0.25, 0.3) is 0 Å². The fraction of sp³-hybridized carbons (Fsp3) is 0.182. The molecule has 0 amide bonds. The Morgan fingerprint density at radius 2 is 2.29 bits per heavy atom. The minimum Gasteiger partial charge on any atom is -0.481 e. The first-order valence-corrected chi connectivity index (χ1v) is 4.96. The van der Waals surface area contributed by atoms with Gasteiger partial charge in [0.15, 0.2) is 0 Å². The predicted octanol–water partition coefficient (Wildman–Crippen LogP) is 1.34. The van der Waals surface area contributed by atoms with Crippen LogP contribution in [0.25, 0.3) is 5.69 Å². The highest BCUT2D eigenvalue weighted by Gasteiger charge is 2.09. The molecule has 2 rings (SSSR count). The highest BCUT2D eigenvalue weighted by atomic mass is 19.1. The number of carboxylic acids is 1. The molecule has 0 fully saturated rings. The molecular weight excluding hydrogens is 225 g/mol. The third-order valence-electron chi connectivity index (χ3n) is 2.22. The molecule has 88 valence electrons. The van der Waals surface area contributed by atoms with E-state index < -0.39 is 11.8 Å². The van der Waals surface area contributed by atoms with Crippen LogP contribution in [-0.4, -0.2) is 26.1 Å². The van der Waals surface area contributed by atoms with E-state index in [0.717, 1.165) is 5.56 Å². The van der Waals surface area contributed by atoms with Gasteiger partial charge in [-0.2, -0.15) is 0 Å². The van der Waals surface area contributed by atoms with Crippen LogP contribution in [0.2, 0.25) is 0 Å². The quantitative estimate of drug-likeness (QED) is 0.871. The fourth-order valence-corrected chi connectivity index (χ4v) is 1.45. The monoisotopic (exact) mass is 235 g/mol. The first kappa shape index (κ1) is 11.3. The van der Waals surface area contributed by atoms with Crippen LogP contribution in [-0.2, 0) is 11.2 Å². The van der Waals surface area contributed by atoms with Crippen molar-refractivity contribution < 1.29 is 14.3 Å². The highest BCUT2D eigenvalue weighted by molar-refractivity contribution is 5.69. The van der Waals surface area contributed by atoms with Gasteiger partial charge in [-0.15, -0.1) is 5.10 Å². The van der Waals surface area contributed by atoms with Crippen LogP contribution in [0.3, 0.4) is 0 Å². The molecule has 2 aromatic rings. The molecule has 0 radical (unpaired) electrons. The smallest absolute Gasteiger partial charge is 0.309 e. The molecule has 0 aliphatic rings. The topological polar surface area (TPSA) is 68.0 Å². The molecule has 17 heavy (non-hydrogen) atoms. The molecule has 0 atom stereocenters. The van der Waals surface area contributed by atoms with Gasteiger partial charge in [-0.3, -0.25) is 4.79 Å². The SMILES string of the molecule is Cc1ccc(-n2cc(CC(=O)O)nn2)c(F)c1. The summed E-state index contributed by atoms with van der Waals surface area (Å²) < 4.78 is 14.8. The molecule has 0 unspecified atom stereocenters. The van der Waals surface area contributed by atoms with Gasteiger partial charge in [-0.05, 0) is 24.6 Å². The average Bonchev–Trinajstić information content (AvgIpc) is 2.65. The summed E-state index contributed by atoms with van der Waals surface area (Å²) in [4.78, 5) is 10.5. The van der Waals surface area contributed by atoms with Gasteiger partial charge < -0.3 is 5.11 Å². The Morgan fingerprint density at radius 3 is 2.94 bits per heavy atom. The molecule has 0 spiro atoms. The zero-order valence-corrected chi connectivity index (χ0v) is 9.09. The van der Waals surface area contributed by atoms with Gasteiger partial charge in [-0.1, -0.05) is 11.3 Å². The molecule has 1 aromatic heterocycles. The largest absolute Gasteiger partial charge is 0.481 e. The second-order valence-electron chi connectivity index (χ2n) is 3.68. The summed E-state index contributed by atoms with van der Waals surface area (Å²) in [6.45, 7) is 1.78. The van der Waals surface area contributed by atoms with Crippen molar-refractivity contribution in [2.75, 3.05) is 0 Å². The number of aliphatic carboxylic acids is 1. The van der Waals surface area contributed by atoms with E-state index in [1.54, 1.807) is 19.1 Å². The Morgan fingerprint density at radius 1 is 1.53 bits per heavy atom. The summed E-state index contributed by atoms with van der Waals surface area (Å²) in [6.07, 6.45) is 1.18. The number of benzene rings is 1. The van der Waals surface area contributed by atoms with Gasteiger partial charge >= 0.3 is 5.97 Å². The Labute approximate surface area is 96.5 Å². The van der Waals surface area contributed by atoms with Crippen molar-refractivity contribution in [3.8, 4) is 5.69 Å². The molecule has 5 nitrogen and oxygen atoms in total. The number of rotatable bonds is 3. The van der Waals surface area contributed by atoms with E-state index in [1.807, 2.05) is 0 Å². The number of carbonyl (C=O) groups is 1. The zero-order chi connectivity index (χ0) is 12.4. The van der Waals surface area contributed by atoms with E-state index in [9.17, 15) is 9.18 Å². The van der Waals surface area contributed by atoms with Crippen LogP contribution in [0.1, 0.15) is 11.3 Å². The summed E-state index contributed by atoms with van der Waals surface area (Å²) in [5.74, 6) is -1.42. The van der Waals surface area contributed by atoms with Crippen molar-refractivity contribution in [3.63, 3.8) is 0 Å². The first-order chi connectivity index (χ1) is 8.06. The van der Waals surface area contributed by atoms with E-state index in [1.165, 1.54) is 16.9 Å². The van der Waals surface area contributed by atoms with Gasteiger partial charge in [0.2, 0.25) is 0 Å². The normalized spacial score (nSPS) is 10.5. The lowest BCUT2D eigenvalue weighted by Gasteiger charge is -2.02. The third kappa shape index (κ3) is 2.47. The summed E-state index contributed by atoms with van der Waals surface area (Å²) in [7, 11) is 0. The predicted molar refractivity (Wildman–Crippen MR) is 57.4 cm³/mol. The third-order valence-corrected chi connectivity index (χ3v) is 2.22. The number of aromatic nitrogens is 3. The fourth-order valence-electron chi connectivity index (χ4n) is 1.45. The molecule has 0 aliphatic heterocycles. The van der Waals surface area contributed by atoms with Crippen molar-refractivity contribution in [1.82, 2.24) is 15.0 Å². The Hall–Kier alpha value is -2.24. The Kier molecular flexibility index (Phi) is 2.86. The number of halogens is 1. The molecule has 0 bridgehead atoms. The van der Waals surface area contributed by atoms with Crippen molar-refractivity contribution in [2.24, 2.45) is 0 Å². The van der Waals surface area contributed by atoms with Gasteiger partial charge in [0.1, 0.15) is 11.5 Å². The first-order valence-electron chi connectivity index (χ1n) is 4.96. The number of carboxylic acid groups (broad SMARTS) is 1. The maximum Gasteiger partial charge on any atom is 0.309 e. The second-order valence-corrected chi connectivity index (χ2v) is 3.68. The van der Waals surface area contributed by atoms with E-state index in [4.69, 9.17) is 5.11 Å². The molecule has 0 saturated carbocycles. The summed E-state index contributed by atoms with van der Waals surface area (Å²) in [5, 5.41) is 15.9. The number of aryl methyl sites for hydroxylation is 1. The summed E-state index contributed by atoms with van der Waals surface area (Å²) in [5.41, 5.74) is 1.34. The number of hydrogen-bond acceptors (Lipinski definition) is 3. The van der Waals surface area contributed by atoms with Gasteiger partial charge in [0.05, 0.1) is 18.3 Å². The minimum atomic E-state index is -0.999. The van der Waals surface area contributed by atoms with E-state index in [0.29, 0.717) is 0 Å².